The van der Waals surface area contributed by atoms with Crippen molar-refractivity contribution in [2.45, 2.75) is 33.6 Å². The third-order valence-electron chi connectivity index (χ3n) is 3.53. The van der Waals surface area contributed by atoms with Crippen molar-refractivity contribution in [3.05, 3.63) is 41.8 Å². The summed E-state index contributed by atoms with van der Waals surface area (Å²) in [6, 6.07) is 8.13. The average molecular weight is 314 g/mol. The van der Waals surface area contributed by atoms with Crippen LogP contribution in [0.3, 0.4) is 0 Å². The molecule has 0 unspecified atom stereocenters. The molecule has 5 nitrogen and oxygen atoms in total. The lowest BCUT2D eigenvalue weighted by atomic mass is 10.1. The zero-order chi connectivity index (χ0) is 16.7. The lowest BCUT2D eigenvalue weighted by molar-refractivity contribution is 0.572. The molecule has 0 radical (unpaired) electrons. The minimum atomic E-state index is 0.493. The van der Waals surface area contributed by atoms with Crippen LogP contribution in [-0.2, 0) is 6.42 Å². The van der Waals surface area contributed by atoms with Crippen molar-refractivity contribution < 1.29 is 4.42 Å². The van der Waals surface area contributed by atoms with Crippen LogP contribution in [0.15, 0.2) is 39.9 Å². The second-order valence-electron chi connectivity index (χ2n) is 6.14. The number of nitrogens with zero attached hydrogens (tertiary/aromatic N) is 2. The van der Waals surface area contributed by atoms with Crippen molar-refractivity contribution in [1.29, 1.82) is 0 Å². The number of aromatic nitrogens is 1. The van der Waals surface area contributed by atoms with Crippen molar-refractivity contribution in [3.63, 3.8) is 0 Å². The van der Waals surface area contributed by atoms with E-state index in [1.54, 1.807) is 6.26 Å². The normalized spacial score (nSPS) is 11.9. The highest BCUT2D eigenvalue weighted by Crippen LogP contribution is 2.19. The third kappa shape index (κ3) is 5.77. The van der Waals surface area contributed by atoms with Gasteiger partial charge in [-0.3, -0.25) is 4.99 Å². The molecule has 2 rings (SSSR count). The fraction of sp³-hybridized carbons (Fsp3) is 0.444. The molecule has 3 N–H and O–H groups in total. The van der Waals surface area contributed by atoms with Gasteiger partial charge in [-0.05, 0) is 31.4 Å². The minimum Gasteiger partial charge on any atom is -0.444 e. The summed E-state index contributed by atoms with van der Waals surface area (Å²) in [7, 11) is 0. The first kappa shape index (κ1) is 17.1. The van der Waals surface area contributed by atoms with Gasteiger partial charge in [0.2, 0.25) is 5.89 Å². The molecule has 0 saturated carbocycles. The number of aliphatic imine (C=N–C) groups is 1. The van der Waals surface area contributed by atoms with Crippen LogP contribution >= 0.6 is 0 Å². The smallest absolute Gasteiger partial charge is 0.226 e. The number of guanidine groups is 1. The van der Waals surface area contributed by atoms with E-state index < -0.39 is 0 Å². The van der Waals surface area contributed by atoms with Crippen LogP contribution in [0.1, 0.15) is 31.5 Å². The Kier molecular flexibility index (Phi) is 6.20. The third-order valence-corrected chi connectivity index (χ3v) is 3.53. The molecule has 0 aliphatic rings. The number of nitrogens with two attached hydrogens (primary N) is 1. The van der Waals surface area contributed by atoms with Crippen molar-refractivity contribution in [3.8, 4) is 11.5 Å². The van der Waals surface area contributed by atoms with Crippen LogP contribution in [-0.4, -0.2) is 24.0 Å². The van der Waals surface area contributed by atoms with E-state index in [1.807, 2.05) is 12.1 Å². The molecule has 2 aromatic rings. The number of nitrogens with one attached hydrogen (secondary N) is 1. The van der Waals surface area contributed by atoms with Crippen molar-refractivity contribution in [2.75, 3.05) is 13.1 Å². The quantitative estimate of drug-likeness (QED) is 0.608. The van der Waals surface area contributed by atoms with Gasteiger partial charge in [-0.15, -0.1) is 0 Å². The van der Waals surface area contributed by atoms with E-state index in [2.05, 4.69) is 48.2 Å². The molecule has 1 aromatic heterocycles. The molecule has 0 amide bonds. The second-order valence-corrected chi connectivity index (χ2v) is 6.14. The summed E-state index contributed by atoms with van der Waals surface area (Å²) in [6.45, 7) is 7.86. The SMILES string of the molecule is Cc1ccc(-c2nc(CCNC(N)=NCCC(C)C)co2)cc1. The topological polar surface area (TPSA) is 76.4 Å². The average Bonchev–Trinajstić information content (AvgIpc) is 2.96. The van der Waals surface area contributed by atoms with Gasteiger partial charge in [0.25, 0.3) is 0 Å². The van der Waals surface area contributed by atoms with Gasteiger partial charge >= 0.3 is 0 Å². The van der Waals surface area contributed by atoms with E-state index in [0.717, 1.165) is 30.6 Å². The minimum absolute atomic E-state index is 0.493. The summed E-state index contributed by atoms with van der Waals surface area (Å²) in [6.07, 6.45) is 3.49. The molecule has 0 aliphatic carbocycles. The molecule has 124 valence electrons. The van der Waals surface area contributed by atoms with Crippen LogP contribution in [0.5, 0.6) is 0 Å². The molecular weight excluding hydrogens is 288 g/mol. The largest absolute Gasteiger partial charge is 0.444 e. The maximum Gasteiger partial charge on any atom is 0.226 e. The molecule has 0 fully saturated rings. The predicted molar refractivity (Wildman–Crippen MR) is 94.3 cm³/mol. The molecule has 23 heavy (non-hydrogen) atoms. The van der Waals surface area contributed by atoms with E-state index in [-0.39, 0.29) is 0 Å². The van der Waals surface area contributed by atoms with Crippen molar-refractivity contribution in [1.82, 2.24) is 10.3 Å². The Morgan fingerprint density at radius 2 is 2.04 bits per heavy atom. The molecular formula is C18H26N4O. The van der Waals surface area contributed by atoms with E-state index in [4.69, 9.17) is 10.2 Å². The van der Waals surface area contributed by atoms with Crippen molar-refractivity contribution in [2.24, 2.45) is 16.6 Å². The molecule has 1 heterocycles. The molecule has 0 saturated heterocycles. The number of aryl methyl sites for hydroxylation is 1. The summed E-state index contributed by atoms with van der Waals surface area (Å²) >= 11 is 0. The van der Waals surface area contributed by atoms with Gasteiger partial charge in [0, 0.05) is 25.1 Å². The predicted octanol–water partition coefficient (Wildman–Crippen LogP) is 3.14. The van der Waals surface area contributed by atoms with Gasteiger partial charge in [0.05, 0.1) is 5.69 Å². The lowest BCUT2D eigenvalue weighted by Gasteiger charge is -2.05. The van der Waals surface area contributed by atoms with Gasteiger partial charge in [-0.1, -0.05) is 31.5 Å². The number of rotatable bonds is 7. The van der Waals surface area contributed by atoms with Gasteiger partial charge in [0.1, 0.15) is 6.26 Å². The Bertz CT molecular complexity index is 629. The van der Waals surface area contributed by atoms with Gasteiger partial charge in [0.15, 0.2) is 5.96 Å². The number of hydrogen-bond acceptors (Lipinski definition) is 3. The summed E-state index contributed by atoms with van der Waals surface area (Å²) in [5.41, 5.74) is 8.94. The van der Waals surface area contributed by atoms with Gasteiger partial charge in [-0.2, -0.15) is 0 Å². The molecule has 0 atom stereocenters. The molecule has 1 aromatic carbocycles. The fourth-order valence-corrected chi connectivity index (χ4v) is 2.07. The van der Waals surface area contributed by atoms with Crippen molar-refractivity contribution >= 4 is 5.96 Å². The number of oxazole rings is 1. The summed E-state index contributed by atoms with van der Waals surface area (Å²) in [4.78, 5) is 8.80. The van der Waals surface area contributed by atoms with Crippen LogP contribution in [0, 0.1) is 12.8 Å². The van der Waals surface area contributed by atoms with Crippen LogP contribution < -0.4 is 11.1 Å². The Hall–Kier alpha value is -2.30. The van der Waals surface area contributed by atoms with E-state index >= 15 is 0 Å². The molecule has 0 aliphatic heterocycles. The second kappa shape index (κ2) is 8.36. The highest BCUT2D eigenvalue weighted by molar-refractivity contribution is 5.77. The molecule has 5 heteroatoms. The maximum absolute atomic E-state index is 5.83. The highest BCUT2D eigenvalue weighted by Gasteiger charge is 2.06. The standard InChI is InChI=1S/C18H26N4O/c1-13(2)8-10-20-18(19)21-11-9-16-12-23-17(22-16)15-6-4-14(3)5-7-15/h4-7,12-13H,8-11H2,1-3H3,(H3,19,20,21). The maximum atomic E-state index is 5.83. The first-order valence-electron chi connectivity index (χ1n) is 8.10. The Morgan fingerprint density at radius 3 is 2.74 bits per heavy atom. The van der Waals surface area contributed by atoms with Gasteiger partial charge in [-0.25, -0.2) is 4.98 Å². The van der Waals surface area contributed by atoms with Crippen LogP contribution in [0.25, 0.3) is 11.5 Å². The first-order chi connectivity index (χ1) is 11.0. The van der Waals surface area contributed by atoms with Crippen LogP contribution in [0.4, 0.5) is 0 Å². The van der Waals surface area contributed by atoms with E-state index in [0.29, 0.717) is 24.3 Å². The Balaban J connectivity index is 1.80. The van der Waals surface area contributed by atoms with E-state index in [1.165, 1.54) is 5.56 Å². The summed E-state index contributed by atoms with van der Waals surface area (Å²) in [5, 5.41) is 3.11. The number of hydrogen-bond donors (Lipinski definition) is 2. The first-order valence-corrected chi connectivity index (χ1v) is 8.10. The lowest BCUT2D eigenvalue weighted by Crippen LogP contribution is -2.33. The zero-order valence-corrected chi connectivity index (χ0v) is 14.2. The molecule has 0 bridgehead atoms. The summed E-state index contributed by atoms with van der Waals surface area (Å²) < 4.78 is 5.54. The van der Waals surface area contributed by atoms with Crippen LogP contribution in [0.2, 0.25) is 0 Å². The Labute approximate surface area is 138 Å². The monoisotopic (exact) mass is 314 g/mol. The van der Waals surface area contributed by atoms with Gasteiger partial charge < -0.3 is 15.5 Å². The van der Waals surface area contributed by atoms with E-state index in [9.17, 15) is 0 Å². The summed E-state index contributed by atoms with van der Waals surface area (Å²) in [5.74, 6) is 1.79. The number of benzene rings is 1. The Morgan fingerprint density at radius 1 is 1.30 bits per heavy atom. The highest BCUT2D eigenvalue weighted by atomic mass is 16.3. The molecule has 0 spiro atoms. The fourth-order valence-electron chi connectivity index (χ4n) is 2.07. The zero-order valence-electron chi connectivity index (χ0n) is 14.2.